The molecule has 3 aromatic rings. The number of fused-ring (bicyclic) bond motifs is 1. The first-order chi connectivity index (χ1) is 12.2. The van der Waals surface area contributed by atoms with Crippen LogP contribution in [0.25, 0.3) is 17.8 Å². The molecule has 2 aromatic heterocycles. The summed E-state index contributed by atoms with van der Waals surface area (Å²) in [4.78, 5) is 0. The topological polar surface area (TPSA) is 92.0 Å². The fourth-order valence-corrected chi connectivity index (χ4v) is 2.41. The van der Waals surface area contributed by atoms with Crippen molar-refractivity contribution >= 4 is 47.0 Å². The molecule has 9 heteroatoms. The Balaban J connectivity index is 0.00000182. The fourth-order valence-electron chi connectivity index (χ4n) is 2.41. The van der Waals surface area contributed by atoms with E-state index in [-0.39, 0.29) is 39.9 Å². The Morgan fingerprint density at radius 1 is 1.15 bits per heavy atom. The molecule has 4 N–H and O–H groups in total. The van der Waals surface area contributed by atoms with Crippen molar-refractivity contribution < 1.29 is 26.6 Å². The average Bonchev–Trinajstić information content (AvgIpc) is 2.97. The molecule has 142 valence electrons. The third-order valence-corrected chi connectivity index (χ3v) is 3.74. The molecule has 3 rings (SSSR count). The van der Waals surface area contributed by atoms with Gasteiger partial charge in [0.2, 0.25) is 5.96 Å². The average molecular weight is 496 g/mol. The Morgan fingerprint density at radius 3 is 2.52 bits per heavy atom. The molecule has 0 atom stereocenters. The minimum Gasteiger partial charge on any atom is -1.00 e. The van der Waals surface area contributed by atoms with Gasteiger partial charge in [0.25, 0.3) is 5.65 Å². The molecule has 0 saturated heterocycles. The van der Waals surface area contributed by atoms with E-state index in [1.165, 1.54) is 0 Å². The number of hydrogen-bond acceptors (Lipinski definition) is 3. The van der Waals surface area contributed by atoms with Crippen molar-refractivity contribution in [1.29, 1.82) is 0 Å². The van der Waals surface area contributed by atoms with Crippen molar-refractivity contribution in [3.8, 4) is 0 Å². The molecule has 0 unspecified atom stereocenters. The normalized spacial score (nSPS) is 11.6. The number of nitrogens with one attached hydrogen (secondary N) is 1. The van der Waals surface area contributed by atoms with Gasteiger partial charge in [-0.15, -0.1) is 22.1 Å². The molecule has 1 aromatic carbocycles. The van der Waals surface area contributed by atoms with Crippen LogP contribution in [0.2, 0.25) is 0 Å². The van der Waals surface area contributed by atoms with E-state index in [2.05, 4.69) is 43.6 Å². The highest BCUT2D eigenvalue weighted by atomic mass is 79.9. The van der Waals surface area contributed by atoms with Crippen LogP contribution in [0.3, 0.4) is 0 Å². The molecule has 0 aliphatic rings. The van der Waals surface area contributed by atoms with Gasteiger partial charge in [-0.1, -0.05) is 36.4 Å². The number of hydrogen-bond donors (Lipinski definition) is 3. The molecule has 0 radical (unpaired) electrons. The van der Waals surface area contributed by atoms with Crippen LogP contribution in [0, 0.1) is 0 Å². The number of nitrogens with two attached hydrogens (primary N) is 1. The largest absolute Gasteiger partial charge is 1.00 e. The van der Waals surface area contributed by atoms with Crippen LogP contribution in [0.15, 0.2) is 65.1 Å². The van der Waals surface area contributed by atoms with Crippen molar-refractivity contribution in [3.63, 3.8) is 0 Å². The van der Waals surface area contributed by atoms with Gasteiger partial charge in [-0.3, -0.25) is 5.21 Å². The highest BCUT2D eigenvalue weighted by Gasteiger charge is 2.10. The van der Waals surface area contributed by atoms with Crippen molar-refractivity contribution in [3.05, 3.63) is 71.7 Å². The lowest BCUT2D eigenvalue weighted by molar-refractivity contribution is -0.510. The number of aryl methyl sites for hydroxylation is 1. The highest BCUT2D eigenvalue weighted by Crippen LogP contribution is 2.10. The van der Waals surface area contributed by atoms with E-state index in [0.717, 1.165) is 22.5 Å². The smallest absolute Gasteiger partial charge is 0.286 e. The summed E-state index contributed by atoms with van der Waals surface area (Å²) in [6.45, 7) is 0. The fraction of sp³-hybridized carbons (Fsp3) is 0.0556. The number of pyridine rings is 1. The molecular formula is C18H20Br2N6O. The number of halogens is 2. The van der Waals surface area contributed by atoms with E-state index in [1.54, 1.807) is 11.7 Å². The van der Waals surface area contributed by atoms with Crippen LogP contribution >= 0.6 is 17.0 Å². The third kappa shape index (κ3) is 5.75. The predicted octanol–water partition coefficient (Wildman–Crippen LogP) is -0.856. The van der Waals surface area contributed by atoms with Crippen LogP contribution in [-0.4, -0.2) is 21.9 Å². The first-order valence-electron chi connectivity index (χ1n) is 7.68. The second kappa shape index (κ2) is 10.6. The van der Waals surface area contributed by atoms with E-state index < -0.39 is 0 Å². The zero-order valence-electron chi connectivity index (χ0n) is 14.5. The Kier molecular flexibility index (Phi) is 8.86. The molecule has 0 aliphatic carbocycles. The Hall–Kier alpha value is -2.49. The maximum absolute atomic E-state index is 8.50. The minimum absolute atomic E-state index is 0. The molecule has 7 nitrogen and oxygen atoms in total. The molecule has 0 bridgehead atoms. The van der Waals surface area contributed by atoms with E-state index in [9.17, 15) is 0 Å². The van der Waals surface area contributed by atoms with Crippen LogP contribution in [0.4, 0.5) is 0 Å². The van der Waals surface area contributed by atoms with Gasteiger partial charge in [0.05, 0.1) is 19.5 Å². The molecule has 0 amide bonds. The first-order valence-corrected chi connectivity index (χ1v) is 7.68. The van der Waals surface area contributed by atoms with Crippen molar-refractivity contribution in [1.82, 2.24) is 10.0 Å². The van der Waals surface area contributed by atoms with E-state index in [1.807, 2.05) is 49.6 Å². The van der Waals surface area contributed by atoms with Gasteiger partial charge in [0.15, 0.2) is 5.69 Å². The number of imidazole rings is 1. The lowest BCUT2D eigenvalue weighted by atomic mass is 10.1. The number of rotatable bonds is 4. The first kappa shape index (κ1) is 22.6. The lowest BCUT2D eigenvalue weighted by Gasteiger charge is -1.95. The quantitative estimate of drug-likeness (QED) is 0.190. The summed E-state index contributed by atoms with van der Waals surface area (Å²) in [5.41, 5.74) is 11.2. The van der Waals surface area contributed by atoms with Gasteiger partial charge in [0.1, 0.15) is 6.20 Å². The summed E-state index contributed by atoms with van der Waals surface area (Å²) >= 11 is 0. The second-order valence-electron chi connectivity index (χ2n) is 5.42. The van der Waals surface area contributed by atoms with E-state index in [4.69, 9.17) is 10.9 Å². The van der Waals surface area contributed by atoms with Crippen LogP contribution in [-0.2, 0) is 7.05 Å². The summed E-state index contributed by atoms with van der Waals surface area (Å²) in [7, 11) is 2.04. The Labute approximate surface area is 178 Å². The van der Waals surface area contributed by atoms with Crippen LogP contribution in [0.1, 0.15) is 16.8 Å². The molecule has 0 saturated carbocycles. The van der Waals surface area contributed by atoms with Crippen molar-refractivity contribution in [2.75, 3.05) is 0 Å². The van der Waals surface area contributed by atoms with Gasteiger partial charge in [-0.2, -0.15) is 5.10 Å². The maximum atomic E-state index is 8.50. The summed E-state index contributed by atoms with van der Waals surface area (Å²) in [6.07, 6.45) is 9.81. The SMILES string of the molecule is Br.Cn1c(/C=C/c2ccc(/C=N/N=C(\N)NO)cc2)c[n+]2ccccc12.[Br-]. The molecule has 0 aliphatic heterocycles. The summed E-state index contributed by atoms with van der Waals surface area (Å²) in [5.74, 6) is -0.163. The zero-order valence-corrected chi connectivity index (χ0v) is 17.8. The number of nitrogens with zero attached hydrogens (tertiary/aromatic N) is 4. The Morgan fingerprint density at radius 2 is 1.85 bits per heavy atom. The molecule has 0 fully saturated rings. The van der Waals surface area contributed by atoms with Crippen molar-refractivity contribution in [2.24, 2.45) is 23.0 Å². The van der Waals surface area contributed by atoms with E-state index >= 15 is 0 Å². The zero-order chi connectivity index (χ0) is 17.6. The number of benzene rings is 1. The second-order valence-corrected chi connectivity index (χ2v) is 5.42. The minimum atomic E-state index is -0.163. The number of aromatic nitrogens is 2. The standard InChI is InChI=1S/C18H19N6O.2BrH/c1-23-16(13-24-11-3-2-4-17(23)24)10-9-14-5-7-15(8-6-14)12-20-21-18(19)22-25;;/h2-13,25H,1H3,(H3,19,21,22);2*1H/q+1;;/p-1/b10-9+,20-12+;;. The molecular weight excluding hydrogens is 476 g/mol. The van der Waals surface area contributed by atoms with Crippen LogP contribution < -0.4 is 32.6 Å². The summed E-state index contributed by atoms with van der Waals surface area (Å²) in [6, 6.07) is 13.9. The third-order valence-electron chi connectivity index (χ3n) is 3.74. The number of guanidine groups is 1. The van der Waals surface area contributed by atoms with Gasteiger partial charge < -0.3 is 22.7 Å². The van der Waals surface area contributed by atoms with Gasteiger partial charge in [-0.25, -0.2) is 14.4 Å². The van der Waals surface area contributed by atoms with Gasteiger partial charge in [0, 0.05) is 6.07 Å². The lowest BCUT2D eigenvalue weighted by Crippen LogP contribution is -3.00. The summed E-state index contributed by atoms with van der Waals surface area (Å²) in [5, 5.41) is 15.8. The van der Waals surface area contributed by atoms with E-state index in [0.29, 0.717) is 0 Å². The van der Waals surface area contributed by atoms with Gasteiger partial charge >= 0.3 is 0 Å². The van der Waals surface area contributed by atoms with Crippen LogP contribution in [0.5, 0.6) is 0 Å². The van der Waals surface area contributed by atoms with Crippen molar-refractivity contribution in [2.45, 2.75) is 0 Å². The number of hydroxylamine groups is 1. The Bertz CT molecular complexity index is 964. The molecule has 27 heavy (non-hydrogen) atoms. The molecule has 0 spiro atoms. The maximum Gasteiger partial charge on any atom is 0.286 e. The van der Waals surface area contributed by atoms with Gasteiger partial charge in [-0.05, 0) is 23.3 Å². The molecule has 2 heterocycles. The predicted molar refractivity (Wildman–Crippen MR) is 108 cm³/mol. The summed E-state index contributed by atoms with van der Waals surface area (Å²) < 4.78 is 4.22. The highest BCUT2D eigenvalue weighted by molar-refractivity contribution is 8.93. The monoisotopic (exact) mass is 494 g/mol.